The third kappa shape index (κ3) is 5.38. The van der Waals surface area contributed by atoms with E-state index in [9.17, 15) is 5.11 Å². The van der Waals surface area contributed by atoms with Gasteiger partial charge < -0.3 is 9.84 Å². The first-order valence-corrected chi connectivity index (χ1v) is 6.81. The molecule has 0 aliphatic carbocycles. The summed E-state index contributed by atoms with van der Waals surface area (Å²) in [6, 6.07) is 5.73. The molecule has 2 nitrogen and oxygen atoms in total. The van der Waals surface area contributed by atoms with Crippen LogP contribution in [0.1, 0.15) is 18.9 Å². The number of aliphatic hydroxyl groups is 1. The van der Waals surface area contributed by atoms with Crippen LogP contribution >= 0.6 is 27.5 Å². The third-order valence-electron chi connectivity index (χ3n) is 2.60. The van der Waals surface area contributed by atoms with Gasteiger partial charge in [0.1, 0.15) is 0 Å². The highest BCUT2D eigenvalue weighted by molar-refractivity contribution is 9.10. The van der Waals surface area contributed by atoms with Gasteiger partial charge in [-0.1, -0.05) is 40.5 Å². The lowest BCUT2D eigenvalue weighted by Crippen LogP contribution is -2.17. The summed E-state index contributed by atoms with van der Waals surface area (Å²) in [6.07, 6.45) is 0.930. The Balaban J connectivity index is 2.52. The van der Waals surface area contributed by atoms with Gasteiger partial charge in [0.2, 0.25) is 0 Å². The molecule has 96 valence electrons. The summed E-state index contributed by atoms with van der Waals surface area (Å²) in [6.45, 7) is 2.74. The average Bonchev–Trinajstić information content (AvgIpc) is 2.22. The molecule has 1 aromatic rings. The molecule has 0 bridgehead atoms. The van der Waals surface area contributed by atoms with Crippen LogP contribution in [0.2, 0.25) is 5.02 Å². The molecule has 17 heavy (non-hydrogen) atoms. The van der Waals surface area contributed by atoms with Gasteiger partial charge in [0.15, 0.2) is 0 Å². The molecule has 0 radical (unpaired) electrons. The summed E-state index contributed by atoms with van der Waals surface area (Å²) in [7, 11) is 1.68. The minimum atomic E-state index is -0.376. The van der Waals surface area contributed by atoms with E-state index in [2.05, 4.69) is 22.9 Å². The van der Waals surface area contributed by atoms with E-state index in [1.54, 1.807) is 7.11 Å². The van der Waals surface area contributed by atoms with Crippen molar-refractivity contribution in [3.05, 3.63) is 33.3 Å². The third-order valence-corrected chi connectivity index (χ3v) is 3.44. The van der Waals surface area contributed by atoms with Crippen molar-refractivity contribution in [1.29, 1.82) is 0 Å². The average molecular weight is 322 g/mol. The van der Waals surface area contributed by atoms with Gasteiger partial charge in [-0.05, 0) is 36.5 Å². The molecule has 4 heteroatoms. The summed E-state index contributed by atoms with van der Waals surface area (Å²) in [5.74, 6) is 0.351. The first-order valence-electron chi connectivity index (χ1n) is 5.64. The van der Waals surface area contributed by atoms with Gasteiger partial charge >= 0.3 is 0 Å². The quantitative estimate of drug-likeness (QED) is 0.866. The topological polar surface area (TPSA) is 29.5 Å². The van der Waals surface area contributed by atoms with Crippen molar-refractivity contribution in [2.45, 2.75) is 25.9 Å². The van der Waals surface area contributed by atoms with Crippen LogP contribution in [-0.4, -0.2) is 24.9 Å². The van der Waals surface area contributed by atoms with Crippen LogP contribution in [-0.2, 0) is 11.2 Å². The predicted octanol–water partition coefficient (Wildman–Crippen LogP) is 3.68. The Hall–Kier alpha value is -0.0900. The maximum absolute atomic E-state index is 9.97. The van der Waals surface area contributed by atoms with Crippen molar-refractivity contribution >= 4 is 27.5 Å². The summed E-state index contributed by atoms with van der Waals surface area (Å²) < 4.78 is 6.00. The SMILES string of the molecule is COCC(C)CC(O)Cc1ccc(Br)cc1Cl. The minimum Gasteiger partial charge on any atom is -0.393 e. The van der Waals surface area contributed by atoms with E-state index in [4.69, 9.17) is 16.3 Å². The Kier molecular flexibility index (Phi) is 6.49. The molecular weight excluding hydrogens is 303 g/mol. The fourth-order valence-electron chi connectivity index (χ4n) is 1.84. The normalized spacial score (nSPS) is 14.6. The molecule has 0 fully saturated rings. The zero-order chi connectivity index (χ0) is 12.8. The molecule has 0 amide bonds. The molecule has 0 heterocycles. The number of methoxy groups -OCH3 is 1. The number of aliphatic hydroxyl groups excluding tert-OH is 1. The summed E-state index contributed by atoms with van der Waals surface area (Å²) in [5.41, 5.74) is 0.979. The molecule has 1 aromatic carbocycles. The number of hydrogen-bond acceptors (Lipinski definition) is 2. The van der Waals surface area contributed by atoms with Crippen molar-refractivity contribution in [2.75, 3.05) is 13.7 Å². The second-order valence-electron chi connectivity index (χ2n) is 4.39. The fraction of sp³-hybridized carbons (Fsp3) is 0.538. The Morgan fingerprint density at radius 3 is 2.76 bits per heavy atom. The molecule has 1 N–H and O–H groups in total. The minimum absolute atomic E-state index is 0.351. The molecule has 2 atom stereocenters. The molecule has 0 aromatic heterocycles. The smallest absolute Gasteiger partial charge is 0.0584 e. The maximum Gasteiger partial charge on any atom is 0.0584 e. The van der Waals surface area contributed by atoms with Crippen molar-refractivity contribution in [1.82, 2.24) is 0 Å². The lowest BCUT2D eigenvalue weighted by Gasteiger charge is -2.16. The number of rotatable bonds is 6. The Morgan fingerprint density at radius 1 is 1.47 bits per heavy atom. The number of halogens is 2. The zero-order valence-electron chi connectivity index (χ0n) is 10.1. The Morgan fingerprint density at radius 2 is 2.18 bits per heavy atom. The van der Waals surface area contributed by atoms with Crippen molar-refractivity contribution in [2.24, 2.45) is 5.92 Å². The van der Waals surface area contributed by atoms with Crippen LogP contribution in [0.15, 0.2) is 22.7 Å². The van der Waals surface area contributed by atoms with Gasteiger partial charge in [-0.15, -0.1) is 0 Å². The van der Waals surface area contributed by atoms with E-state index in [1.807, 2.05) is 18.2 Å². The van der Waals surface area contributed by atoms with Crippen molar-refractivity contribution in [3.63, 3.8) is 0 Å². The van der Waals surface area contributed by atoms with E-state index >= 15 is 0 Å². The second-order valence-corrected chi connectivity index (χ2v) is 5.71. The van der Waals surface area contributed by atoms with Crippen LogP contribution < -0.4 is 0 Å². The fourth-order valence-corrected chi connectivity index (χ4v) is 2.59. The molecule has 0 spiro atoms. The lowest BCUT2D eigenvalue weighted by atomic mass is 9.99. The molecule has 0 saturated heterocycles. The predicted molar refractivity (Wildman–Crippen MR) is 74.5 cm³/mol. The monoisotopic (exact) mass is 320 g/mol. The zero-order valence-corrected chi connectivity index (χ0v) is 12.5. The highest BCUT2D eigenvalue weighted by atomic mass is 79.9. The molecule has 0 aliphatic heterocycles. The van der Waals surface area contributed by atoms with E-state index in [0.717, 1.165) is 16.5 Å². The van der Waals surface area contributed by atoms with Gasteiger partial charge in [0.05, 0.1) is 6.10 Å². The van der Waals surface area contributed by atoms with E-state index in [-0.39, 0.29) is 6.10 Å². The lowest BCUT2D eigenvalue weighted by molar-refractivity contribution is 0.102. The van der Waals surface area contributed by atoms with Crippen LogP contribution in [0.4, 0.5) is 0 Å². The van der Waals surface area contributed by atoms with Crippen LogP contribution in [0, 0.1) is 5.92 Å². The van der Waals surface area contributed by atoms with Gasteiger partial charge in [-0.2, -0.15) is 0 Å². The molecule has 0 aliphatic rings. The van der Waals surface area contributed by atoms with Crippen molar-refractivity contribution < 1.29 is 9.84 Å². The number of benzene rings is 1. The largest absolute Gasteiger partial charge is 0.393 e. The van der Waals surface area contributed by atoms with E-state index in [1.165, 1.54) is 0 Å². The number of hydrogen-bond donors (Lipinski definition) is 1. The van der Waals surface area contributed by atoms with Crippen LogP contribution in [0.25, 0.3) is 0 Å². The first kappa shape index (κ1) is 15.0. The molecule has 2 unspecified atom stereocenters. The van der Waals surface area contributed by atoms with Gasteiger partial charge in [-0.3, -0.25) is 0 Å². The van der Waals surface area contributed by atoms with Gasteiger partial charge in [0, 0.05) is 23.2 Å². The standard InChI is InChI=1S/C13H18BrClO2/c1-9(8-17-2)5-12(16)6-10-3-4-11(14)7-13(10)15/h3-4,7,9,12,16H,5-6,8H2,1-2H3. The summed E-state index contributed by atoms with van der Waals surface area (Å²) >= 11 is 9.47. The van der Waals surface area contributed by atoms with Crippen LogP contribution in [0.5, 0.6) is 0 Å². The maximum atomic E-state index is 9.97. The summed E-state index contributed by atoms with van der Waals surface area (Å²) in [4.78, 5) is 0. The Labute approximate surface area is 116 Å². The van der Waals surface area contributed by atoms with Gasteiger partial charge in [0.25, 0.3) is 0 Å². The van der Waals surface area contributed by atoms with Gasteiger partial charge in [-0.25, -0.2) is 0 Å². The second kappa shape index (κ2) is 7.37. The van der Waals surface area contributed by atoms with Crippen LogP contribution in [0.3, 0.4) is 0 Å². The molecule has 1 rings (SSSR count). The number of ether oxygens (including phenoxy) is 1. The van der Waals surface area contributed by atoms with E-state index < -0.39 is 0 Å². The highest BCUT2D eigenvalue weighted by Gasteiger charge is 2.12. The summed E-state index contributed by atoms with van der Waals surface area (Å²) in [5, 5.41) is 10.7. The molecule has 0 saturated carbocycles. The first-order chi connectivity index (χ1) is 8.02. The highest BCUT2D eigenvalue weighted by Crippen LogP contribution is 2.23. The van der Waals surface area contributed by atoms with Crippen molar-refractivity contribution in [3.8, 4) is 0 Å². The Bertz CT molecular complexity index is 357. The van der Waals surface area contributed by atoms with E-state index in [0.29, 0.717) is 24.0 Å². The molecular formula is C13H18BrClO2.